The topological polar surface area (TPSA) is 39.2 Å². The third-order valence-corrected chi connectivity index (χ3v) is 2.61. The summed E-state index contributed by atoms with van der Waals surface area (Å²) in [6.45, 7) is 2.01. The minimum absolute atomic E-state index is 0.174. The summed E-state index contributed by atoms with van der Waals surface area (Å²) in [5.74, 6) is 0.392. The lowest BCUT2D eigenvalue weighted by Gasteiger charge is -2.03. The van der Waals surface area contributed by atoms with Crippen molar-refractivity contribution in [3.8, 4) is 0 Å². The molecule has 5 heteroatoms. The molecule has 0 N–H and O–H groups in total. The Labute approximate surface area is 91.8 Å². The molecule has 0 aliphatic carbocycles. The monoisotopic (exact) mass is 231 g/mol. The standard InChI is InChI=1S/C9H10ClNO2S/c1-3-14-7-5-4-6(10)8(11-7)9(12)13-2/h4-5H,3H2,1-2H3. The van der Waals surface area contributed by atoms with E-state index in [1.807, 2.05) is 6.92 Å². The van der Waals surface area contributed by atoms with Crippen LogP contribution in [0.2, 0.25) is 5.02 Å². The molecule has 0 aliphatic heterocycles. The Morgan fingerprint density at radius 3 is 2.93 bits per heavy atom. The van der Waals surface area contributed by atoms with E-state index in [4.69, 9.17) is 11.6 Å². The van der Waals surface area contributed by atoms with Gasteiger partial charge in [0, 0.05) is 0 Å². The molecule has 0 saturated heterocycles. The number of thioether (sulfide) groups is 1. The second-order valence-electron chi connectivity index (χ2n) is 2.40. The van der Waals surface area contributed by atoms with Crippen molar-refractivity contribution in [3.63, 3.8) is 0 Å². The summed E-state index contributed by atoms with van der Waals surface area (Å²) in [6.07, 6.45) is 0. The zero-order valence-electron chi connectivity index (χ0n) is 7.91. The maximum atomic E-state index is 11.2. The first-order valence-electron chi connectivity index (χ1n) is 4.06. The van der Waals surface area contributed by atoms with Crippen molar-refractivity contribution in [2.45, 2.75) is 11.9 Å². The quantitative estimate of drug-likeness (QED) is 0.592. The fraction of sp³-hybridized carbons (Fsp3) is 0.333. The van der Waals surface area contributed by atoms with Gasteiger partial charge in [0.05, 0.1) is 17.2 Å². The van der Waals surface area contributed by atoms with Crippen LogP contribution < -0.4 is 0 Å². The first-order valence-corrected chi connectivity index (χ1v) is 5.43. The van der Waals surface area contributed by atoms with Crippen LogP contribution in [0.15, 0.2) is 17.2 Å². The number of carbonyl (C=O) groups excluding carboxylic acids is 1. The predicted molar refractivity (Wildman–Crippen MR) is 57.0 cm³/mol. The first-order chi connectivity index (χ1) is 6.69. The van der Waals surface area contributed by atoms with E-state index in [1.165, 1.54) is 7.11 Å². The van der Waals surface area contributed by atoms with Gasteiger partial charge in [-0.05, 0) is 17.9 Å². The largest absolute Gasteiger partial charge is 0.464 e. The molecule has 1 rings (SSSR count). The zero-order valence-corrected chi connectivity index (χ0v) is 9.48. The molecule has 0 aromatic carbocycles. The van der Waals surface area contributed by atoms with Gasteiger partial charge >= 0.3 is 5.97 Å². The van der Waals surface area contributed by atoms with Gasteiger partial charge in [0.25, 0.3) is 0 Å². The Morgan fingerprint density at radius 2 is 2.36 bits per heavy atom. The molecule has 76 valence electrons. The van der Waals surface area contributed by atoms with E-state index in [9.17, 15) is 4.79 Å². The van der Waals surface area contributed by atoms with Crippen LogP contribution >= 0.6 is 23.4 Å². The molecular formula is C9H10ClNO2S. The van der Waals surface area contributed by atoms with Crippen molar-refractivity contribution in [2.75, 3.05) is 12.9 Å². The fourth-order valence-corrected chi connectivity index (χ4v) is 1.69. The van der Waals surface area contributed by atoms with Crippen LogP contribution in [0.25, 0.3) is 0 Å². The summed E-state index contributed by atoms with van der Waals surface area (Å²) in [7, 11) is 1.31. The van der Waals surface area contributed by atoms with Crippen molar-refractivity contribution in [2.24, 2.45) is 0 Å². The molecule has 0 saturated carbocycles. The Morgan fingerprint density at radius 1 is 1.64 bits per heavy atom. The highest BCUT2D eigenvalue weighted by molar-refractivity contribution is 7.99. The maximum absolute atomic E-state index is 11.2. The smallest absolute Gasteiger partial charge is 0.358 e. The highest BCUT2D eigenvalue weighted by atomic mass is 35.5. The van der Waals surface area contributed by atoms with E-state index < -0.39 is 5.97 Å². The van der Waals surface area contributed by atoms with Crippen LogP contribution in [0.1, 0.15) is 17.4 Å². The number of rotatable bonds is 3. The Hall–Kier alpha value is -0.740. The molecule has 14 heavy (non-hydrogen) atoms. The van der Waals surface area contributed by atoms with Crippen LogP contribution in [-0.2, 0) is 4.74 Å². The number of hydrogen-bond acceptors (Lipinski definition) is 4. The van der Waals surface area contributed by atoms with Crippen molar-refractivity contribution in [1.82, 2.24) is 4.98 Å². The van der Waals surface area contributed by atoms with Gasteiger partial charge in [0.2, 0.25) is 0 Å². The maximum Gasteiger partial charge on any atom is 0.358 e. The molecule has 1 heterocycles. The molecule has 0 unspecified atom stereocenters. The Bertz CT molecular complexity index is 344. The van der Waals surface area contributed by atoms with Crippen molar-refractivity contribution >= 4 is 29.3 Å². The number of nitrogens with zero attached hydrogens (tertiary/aromatic N) is 1. The van der Waals surface area contributed by atoms with Gasteiger partial charge in [0.1, 0.15) is 0 Å². The van der Waals surface area contributed by atoms with Gasteiger partial charge in [-0.15, -0.1) is 11.8 Å². The van der Waals surface area contributed by atoms with Crippen molar-refractivity contribution in [1.29, 1.82) is 0 Å². The SMILES string of the molecule is CCSc1ccc(Cl)c(C(=O)OC)n1. The second-order valence-corrected chi connectivity index (χ2v) is 4.10. The summed E-state index contributed by atoms with van der Waals surface area (Å²) < 4.78 is 4.56. The van der Waals surface area contributed by atoms with Gasteiger partial charge in [-0.3, -0.25) is 0 Å². The number of ether oxygens (including phenoxy) is 1. The third-order valence-electron chi connectivity index (χ3n) is 1.49. The van der Waals surface area contributed by atoms with Crippen molar-refractivity contribution in [3.05, 3.63) is 22.8 Å². The van der Waals surface area contributed by atoms with E-state index in [-0.39, 0.29) is 5.69 Å². The molecule has 0 amide bonds. The number of pyridine rings is 1. The number of esters is 1. The average Bonchev–Trinajstić information content (AvgIpc) is 2.20. The third kappa shape index (κ3) is 2.62. The predicted octanol–water partition coefficient (Wildman–Crippen LogP) is 2.63. The summed E-state index contributed by atoms with van der Waals surface area (Å²) in [6, 6.07) is 3.43. The second kappa shape index (κ2) is 5.22. The van der Waals surface area contributed by atoms with Crippen LogP contribution in [0.4, 0.5) is 0 Å². The van der Waals surface area contributed by atoms with Gasteiger partial charge in [-0.2, -0.15) is 0 Å². The number of methoxy groups -OCH3 is 1. The van der Waals surface area contributed by atoms with E-state index in [0.717, 1.165) is 10.8 Å². The van der Waals surface area contributed by atoms with Gasteiger partial charge in [-0.25, -0.2) is 9.78 Å². The van der Waals surface area contributed by atoms with E-state index >= 15 is 0 Å². The normalized spacial score (nSPS) is 9.93. The molecule has 1 aromatic rings. The van der Waals surface area contributed by atoms with E-state index in [1.54, 1.807) is 23.9 Å². The molecule has 0 bridgehead atoms. The first kappa shape index (κ1) is 11.3. The van der Waals surface area contributed by atoms with Gasteiger partial charge < -0.3 is 4.74 Å². The molecule has 0 atom stereocenters. The van der Waals surface area contributed by atoms with E-state index in [0.29, 0.717) is 5.02 Å². The molecule has 3 nitrogen and oxygen atoms in total. The molecule has 0 fully saturated rings. The Balaban J connectivity index is 3.01. The number of hydrogen-bond donors (Lipinski definition) is 0. The lowest BCUT2D eigenvalue weighted by atomic mass is 10.3. The molecular weight excluding hydrogens is 222 g/mol. The summed E-state index contributed by atoms with van der Waals surface area (Å²) in [5.41, 5.74) is 0.174. The zero-order chi connectivity index (χ0) is 10.6. The van der Waals surface area contributed by atoms with Crippen LogP contribution in [0.5, 0.6) is 0 Å². The number of halogens is 1. The van der Waals surface area contributed by atoms with Crippen LogP contribution in [-0.4, -0.2) is 23.8 Å². The lowest BCUT2D eigenvalue weighted by molar-refractivity contribution is 0.0593. The molecule has 0 radical (unpaired) electrons. The highest BCUT2D eigenvalue weighted by Gasteiger charge is 2.13. The summed E-state index contributed by atoms with van der Waals surface area (Å²) in [4.78, 5) is 15.3. The molecule has 0 spiro atoms. The number of carbonyl (C=O) groups is 1. The van der Waals surface area contributed by atoms with Gasteiger partial charge in [0.15, 0.2) is 5.69 Å². The van der Waals surface area contributed by atoms with Crippen LogP contribution in [0.3, 0.4) is 0 Å². The summed E-state index contributed by atoms with van der Waals surface area (Å²) in [5, 5.41) is 1.09. The number of aromatic nitrogens is 1. The van der Waals surface area contributed by atoms with Crippen LogP contribution in [0, 0.1) is 0 Å². The lowest BCUT2D eigenvalue weighted by Crippen LogP contribution is -2.05. The van der Waals surface area contributed by atoms with E-state index in [2.05, 4.69) is 9.72 Å². The molecule has 1 aromatic heterocycles. The minimum Gasteiger partial charge on any atom is -0.464 e. The Kier molecular flexibility index (Phi) is 4.22. The molecule has 0 aliphatic rings. The highest BCUT2D eigenvalue weighted by Crippen LogP contribution is 2.21. The van der Waals surface area contributed by atoms with Gasteiger partial charge in [-0.1, -0.05) is 18.5 Å². The average molecular weight is 232 g/mol. The van der Waals surface area contributed by atoms with Crippen molar-refractivity contribution < 1.29 is 9.53 Å². The minimum atomic E-state index is -0.506. The summed E-state index contributed by atoms with van der Waals surface area (Å²) >= 11 is 7.35. The fourth-order valence-electron chi connectivity index (χ4n) is 0.892.